The van der Waals surface area contributed by atoms with Crippen molar-refractivity contribution in [2.75, 3.05) is 4.90 Å². The summed E-state index contributed by atoms with van der Waals surface area (Å²) in [6.45, 7) is 15.0. The van der Waals surface area contributed by atoms with Gasteiger partial charge in [-0.1, -0.05) is 221 Å². The van der Waals surface area contributed by atoms with Gasteiger partial charge in [0.15, 0.2) is 12.7 Å². The minimum Gasteiger partial charge on any atom is -0.527 e. The van der Waals surface area contributed by atoms with Crippen LogP contribution in [0.25, 0.3) is 73.0 Å². The van der Waals surface area contributed by atoms with E-state index in [1.165, 1.54) is 88.7 Å². The molecule has 11 heteroatoms. The molecule has 0 N–H and O–H groups in total. The third kappa shape index (κ3) is 14.0. The van der Waals surface area contributed by atoms with Crippen molar-refractivity contribution in [1.29, 1.82) is 0 Å². The molecule has 0 aliphatic carbocycles. The van der Waals surface area contributed by atoms with Crippen LogP contribution in [-0.4, -0.2) is 30.2 Å². The molecular formula is C94H80IrN9O+. The van der Waals surface area contributed by atoms with Crippen LogP contribution in [0.1, 0.15) is 95.1 Å². The van der Waals surface area contributed by atoms with E-state index in [2.05, 4.69) is 273 Å². The Hall–Kier alpha value is -12.1. The molecule has 12 heterocycles. The van der Waals surface area contributed by atoms with E-state index in [9.17, 15) is 0 Å². The Kier molecular flexibility index (Phi) is 17.4. The first-order valence-corrected chi connectivity index (χ1v) is 35.2. The second-order valence-corrected chi connectivity index (χ2v) is 26.5. The standard InChI is InChI=1S/C22H25N2.C20H15N2.C15H10NO.C14H12N2.C12H10N.C11H8N.Ir/c1-15(2)18-10-7-11-19(16(3)4)21(18)24-13-12-23-14-17-8-5-6-9-20(17)22(23)24;1-3-9-17-15(6-1)8-5-11-19(17)22-13-12-21-14-16-7-2-4-10-18(16)20(21)22;1-11-13(14-7-4-5-9-16-14)10-12-6-2-3-8-15(12)17-11;1-2-7-13-11(5-1)9-14-15-8-4-3-6-12(15)10-16(13)14;1-2-6-11-10(5-1)9-13-8-4-3-7-12(11)13;1-2-6-10(7-3-1)11-8-4-5-9-12-11;/h5-13,15-16H,14H2,1-4H3;1-13H,14H2;2-9H,1H2;1-8,10,14H,9H2;1-8H,9H2;1-6,8-9H;/q2*+1;-1;;+1;-1;/i;;;;1D,2D,3D,4D,5D,6D,7D,8D;;. The molecule has 9 aromatic carbocycles. The first kappa shape index (κ1) is 59.4. The normalized spacial score (nSPS) is 15.1. The second kappa shape index (κ2) is 30.8. The van der Waals surface area contributed by atoms with Gasteiger partial charge in [0.25, 0.3) is 11.6 Å². The summed E-state index contributed by atoms with van der Waals surface area (Å²) in [5, 5.41) is 2.56. The molecule has 0 fully saturated rings. The van der Waals surface area contributed by atoms with E-state index in [-0.39, 0.29) is 74.3 Å². The van der Waals surface area contributed by atoms with Crippen molar-refractivity contribution in [3.05, 3.63) is 409 Å². The summed E-state index contributed by atoms with van der Waals surface area (Å²) >= 11 is 0. The number of benzene rings is 9. The average molecular weight is 1550 g/mol. The van der Waals surface area contributed by atoms with Gasteiger partial charge in [0.05, 0.1) is 43.5 Å². The Bertz CT molecular complexity index is 5980. The zero-order valence-electron chi connectivity index (χ0n) is 66.7. The summed E-state index contributed by atoms with van der Waals surface area (Å²) in [4.78, 5) is 13.2. The van der Waals surface area contributed by atoms with E-state index in [0.717, 1.165) is 53.3 Å². The molecule has 1 unspecified atom stereocenters. The maximum atomic E-state index is 7.98. The average Bonchev–Trinajstić information content (AvgIpc) is 1.59. The third-order valence-corrected chi connectivity index (χ3v) is 19.4. The van der Waals surface area contributed by atoms with Gasteiger partial charge in [0.2, 0.25) is 5.69 Å². The number of hydrogen-bond acceptors (Lipinski definition) is 5. The van der Waals surface area contributed by atoms with Gasteiger partial charge >= 0.3 is 0 Å². The predicted molar refractivity (Wildman–Crippen MR) is 417 cm³/mol. The zero-order chi connectivity index (χ0) is 77.4. The minimum atomic E-state index is -0.411. The Morgan fingerprint density at radius 2 is 1.15 bits per heavy atom. The fourth-order valence-corrected chi connectivity index (χ4v) is 14.4. The summed E-state index contributed by atoms with van der Waals surface area (Å²) in [6.07, 6.45) is 27.7. The van der Waals surface area contributed by atoms with E-state index in [1.54, 1.807) is 12.4 Å². The third-order valence-electron chi connectivity index (χ3n) is 19.4. The molecule has 105 heavy (non-hydrogen) atoms. The van der Waals surface area contributed by atoms with E-state index >= 15 is 0 Å². The van der Waals surface area contributed by atoms with Crippen LogP contribution >= 0.6 is 0 Å². The maximum absolute atomic E-state index is 7.98. The number of anilines is 1. The summed E-state index contributed by atoms with van der Waals surface area (Å²) in [5.74, 6) is 4.95. The van der Waals surface area contributed by atoms with Crippen LogP contribution in [0.15, 0.2) is 353 Å². The van der Waals surface area contributed by atoms with Crippen LogP contribution in [0.2, 0.25) is 0 Å². The molecule has 0 bridgehead atoms. The van der Waals surface area contributed by atoms with Crippen LogP contribution in [0.4, 0.5) is 5.69 Å². The molecule has 7 aliphatic heterocycles. The van der Waals surface area contributed by atoms with Crippen LogP contribution in [0.5, 0.6) is 5.75 Å². The Labute approximate surface area is 640 Å². The monoisotopic (exact) mass is 1550 g/mol. The first-order valence-electron chi connectivity index (χ1n) is 39.2. The van der Waals surface area contributed by atoms with Crippen LogP contribution in [0.3, 0.4) is 0 Å². The number of aromatic nitrogens is 7. The van der Waals surface area contributed by atoms with Crippen molar-refractivity contribution < 1.29 is 49.5 Å². The molecule has 0 saturated carbocycles. The van der Waals surface area contributed by atoms with E-state index in [1.807, 2.05) is 84.9 Å². The molecule has 515 valence electrons. The molecule has 1 radical (unpaired) electrons. The van der Waals surface area contributed by atoms with Gasteiger partial charge in [0, 0.05) is 108 Å². The number of imidazole rings is 2. The van der Waals surface area contributed by atoms with Crippen LogP contribution < -0.4 is 23.3 Å². The second-order valence-electron chi connectivity index (χ2n) is 26.5. The van der Waals surface area contributed by atoms with E-state index in [4.69, 9.17) is 15.7 Å². The van der Waals surface area contributed by atoms with E-state index < -0.39 is 12.1 Å². The molecule has 0 amide bonds. The quantitative estimate of drug-likeness (QED) is 0.123. The zero-order valence-corrected chi connectivity index (χ0v) is 61.1. The SMILES string of the molecule is C1=CC2=CN3c4ccccc4CC3N2C=C1.C=C1Oc2ccccc2[C-]=C1c1ccccn1.CC(C)c1cccc(C(C)C)c1-n1cc[n+]2c1-c1ccccc1C2.[2H]c1c([2H])c([2H])c2c(c1[2H])C[n+]1c([2H])c([2H])c([2H])c([2H])c1-2.[Ir].[c-]1ccccc1-c1ccccn1.c1ccc2c(c1)C[n+]1ccn(-c3cccc4ccccc34)c1-2. The van der Waals surface area contributed by atoms with Gasteiger partial charge < -0.3 is 19.5 Å². The van der Waals surface area contributed by atoms with Gasteiger partial charge in [0.1, 0.15) is 56.8 Å². The van der Waals surface area contributed by atoms with E-state index in [0.29, 0.717) is 29.3 Å². The number of fused-ring (bicyclic) bond motifs is 16. The van der Waals surface area contributed by atoms with Gasteiger partial charge in [-0.3, -0.25) is 4.98 Å². The van der Waals surface area contributed by atoms with Crippen molar-refractivity contribution >= 4 is 22.0 Å². The fraction of sp³-hybridized carbons (Fsp3) is 0.117. The molecule has 1 atom stereocenters. The molecule has 7 aliphatic rings. The summed E-state index contributed by atoms with van der Waals surface area (Å²) in [5.41, 5.74) is 20.2. The van der Waals surface area contributed by atoms with Crippen molar-refractivity contribution in [2.24, 2.45) is 0 Å². The molecular weight excluding hydrogens is 1460 g/mol. The van der Waals surface area contributed by atoms with Gasteiger partial charge in [-0.05, 0) is 89.1 Å². The van der Waals surface area contributed by atoms with Crippen molar-refractivity contribution in [2.45, 2.75) is 71.8 Å². The maximum Gasteiger partial charge on any atom is 0.294 e. The number of para-hydroxylation sites is 3. The number of nitrogens with zero attached hydrogens (tertiary/aromatic N) is 9. The van der Waals surface area contributed by atoms with Crippen LogP contribution in [-0.2, 0) is 46.2 Å². The molecule has 14 aromatic rings. The minimum absolute atomic E-state index is 0. The fourth-order valence-electron chi connectivity index (χ4n) is 14.4. The number of rotatable bonds is 6. The largest absolute Gasteiger partial charge is 0.527 e. The summed E-state index contributed by atoms with van der Waals surface area (Å²) in [6, 6.07) is 75.9. The van der Waals surface area contributed by atoms with Crippen molar-refractivity contribution in [1.82, 2.24) is 24.0 Å². The Balaban J connectivity index is 0.000000108. The van der Waals surface area contributed by atoms with Crippen molar-refractivity contribution in [3.63, 3.8) is 0 Å². The van der Waals surface area contributed by atoms with Crippen molar-refractivity contribution in [3.8, 4) is 62.4 Å². The summed E-state index contributed by atoms with van der Waals surface area (Å²) in [7, 11) is 0. The molecule has 0 spiro atoms. The number of allylic oxidation sites excluding steroid dienone is 4. The number of pyridine rings is 3. The predicted octanol–water partition coefficient (Wildman–Crippen LogP) is 19.4. The molecule has 10 nitrogen and oxygen atoms in total. The smallest absolute Gasteiger partial charge is 0.294 e. The summed E-state index contributed by atoms with van der Waals surface area (Å²) < 4.78 is 78.9. The molecule has 5 aromatic heterocycles. The Morgan fingerprint density at radius 1 is 0.543 bits per heavy atom. The van der Waals surface area contributed by atoms with Gasteiger partial charge in [-0.15, -0.1) is 48.0 Å². The topological polar surface area (TPSA) is 63.0 Å². The first-order chi connectivity index (χ1) is 54.5. The van der Waals surface area contributed by atoms with Crippen LogP contribution in [0, 0.1) is 12.1 Å². The molecule has 0 saturated heterocycles. The molecule has 21 rings (SSSR count). The van der Waals surface area contributed by atoms with Gasteiger partial charge in [-0.2, -0.15) is 13.7 Å². The number of ether oxygens (including phenoxy) is 1. The number of hydrogen-bond donors (Lipinski definition) is 0. The Morgan fingerprint density at radius 3 is 1.89 bits per heavy atom. The van der Waals surface area contributed by atoms with Gasteiger partial charge in [-0.25, -0.2) is 9.13 Å².